The van der Waals surface area contributed by atoms with Gasteiger partial charge in [0.15, 0.2) is 0 Å². The number of likely N-dealkylation sites (tertiary alicyclic amines) is 2. The molecule has 6 amide bonds. The average molecular weight is 897 g/mol. The molecule has 0 aliphatic carbocycles. The van der Waals surface area contributed by atoms with Crippen LogP contribution in [0.25, 0.3) is 0 Å². The highest BCUT2D eigenvalue weighted by Gasteiger charge is 2.42. The molecule has 2 fully saturated rings. The van der Waals surface area contributed by atoms with Gasteiger partial charge in [-0.15, -0.1) is 0 Å². The van der Waals surface area contributed by atoms with E-state index in [1.807, 2.05) is 12.1 Å². The molecule has 2 saturated heterocycles. The first-order valence-corrected chi connectivity index (χ1v) is 22.3. The van der Waals surface area contributed by atoms with E-state index in [-0.39, 0.29) is 23.6 Å². The number of benzene rings is 4. The van der Waals surface area contributed by atoms with Crippen LogP contribution in [-0.4, -0.2) is 106 Å². The van der Waals surface area contributed by atoms with E-state index in [1.54, 1.807) is 148 Å². The lowest BCUT2D eigenvalue weighted by atomic mass is 10.0. The highest BCUT2D eigenvalue weighted by Crippen LogP contribution is 2.31. The summed E-state index contributed by atoms with van der Waals surface area (Å²) in [7, 11) is 3.06. The molecule has 2 heterocycles. The van der Waals surface area contributed by atoms with Crippen LogP contribution >= 0.6 is 0 Å². The lowest BCUT2D eigenvalue weighted by molar-refractivity contribution is -0.141. The molecule has 2 N–H and O–H groups in total. The minimum Gasteiger partial charge on any atom is -0.444 e. The first kappa shape index (κ1) is 48.3. The van der Waals surface area contributed by atoms with E-state index in [9.17, 15) is 28.8 Å². The van der Waals surface area contributed by atoms with Crippen molar-refractivity contribution < 1.29 is 38.2 Å². The number of carbonyl (C=O) groups is 6. The number of nitrogens with one attached hydrogen (secondary N) is 2. The third kappa shape index (κ3) is 12.3. The molecule has 14 nitrogen and oxygen atoms in total. The molecule has 0 aromatic heterocycles. The zero-order valence-electron chi connectivity index (χ0n) is 39.0. The summed E-state index contributed by atoms with van der Waals surface area (Å²) in [5.74, 6) is 4.89. The summed E-state index contributed by atoms with van der Waals surface area (Å²) < 4.78 is 11.2. The fourth-order valence-corrected chi connectivity index (χ4v) is 8.00. The van der Waals surface area contributed by atoms with Crippen LogP contribution in [0.2, 0.25) is 0 Å². The molecule has 4 aromatic rings. The zero-order chi connectivity index (χ0) is 47.8. The van der Waals surface area contributed by atoms with Crippen LogP contribution in [0.5, 0.6) is 0 Å². The lowest BCUT2D eigenvalue weighted by Crippen LogP contribution is -2.49. The molecule has 0 spiro atoms. The molecular formula is C52H60N6O8. The van der Waals surface area contributed by atoms with Crippen molar-refractivity contribution in [3.63, 3.8) is 0 Å². The molecule has 0 bridgehead atoms. The lowest BCUT2D eigenvalue weighted by Gasteiger charge is -2.34. The van der Waals surface area contributed by atoms with Gasteiger partial charge in [-0.2, -0.15) is 0 Å². The Bertz CT molecular complexity index is 2270. The van der Waals surface area contributed by atoms with Crippen molar-refractivity contribution in [1.29, 1.82) is 0 Å². The van der Waals surface area contributed by atoms with Crippen molar-refractivity contribution in [3.05, 3.63) is 131 Å². The largest absolute Gasteiger partial charge is 0.444 e. The monoisotopic (exact) mass is 896 g/mol. The smallest absolute Gasteiger partial charge is 0.410 e. The summed E-state index contributed by atoms with van der Waals surface area (Å²) in [6.45, 7) is 11.3. The molecule has 66 heavy (non-hydrogen) atoms. The predicted octanol–water partition coefficient (Wildman–Crippen LogP) is 8.16. The Labute approximate surface area is 387 Å². The number of rotatable bonds is 10. The third-order valence-corrected chi connectivity index (χ3v) is 11.2. The van der Waals surface area contributed by atoms with Gasteiger partial charge in [0.05, 0.1) is 0 Å². The van der Waals surface area contributed by atoms with Gasteiger partial charge in [0.25, 0.3) is 11.8 Å². The van der Waals surface area contributed by atoms with Gasteiger partial charge < -0.3 is 29.9 Å². The number of carbonyl (C=O) groups excluding carboxylic acids is 6. The van der Waals surface area contributed by atoms with E-state index >= 15 is 0 Å². The Hall–Kier alpha value is -7.14. The van der Waals surface area contributed by atoms with Crippen LogP contribution in [0.3, 0.4) is 0 Å². The Morgan fingerprint density at radius 2 is 0.879 bits per heavy atom. The Kier molecular flexibility index (Phi) is 15.2. The van der Waals surface area contributed by atoms with Crippen molar-refractivity contribution in [3.8, 4) is 11.8 Å². The van der Waals surface area contributed by atoms with Gasteiger partial charge in [0.2, 0.25) is 11.8 Å². The summed E-state index contributed by atoms with van der Waals surface area (Å²) in [5, 5.41) is 5.90. The van der Waals surface area contributed by atoms with E-state index in [1.165, 1.54) is 23.9 Å². The molecule has 4 atom stereocenters. The highest BCUT2D eigenvalue weighted by molar-refractivity contribution is 6.00. The maximum absolute atomic E-state index is 14.2. The normalized spacial score (nSPS) is 16.8. The fraction of sp³-hybridized carbons (Fsp3) is 0.385. The number of hydrogen-bond donors (Lipinski definition) is 2. The zero-order valence-corrected chi connectivity index (χ0v) is 39.0. The van der Waals surface area contributed by atoms with Crippen LogP contribution in [0.1, 0.15) is 102 Å². The Morgan fingerprint density at radius 1 is 0.545 bits per heavy atom. The van der Waals surface area contributed by atoms with Gasteiger partial charge in [-0.1, -0.05) is 72.5 Å². The second kappa shape index (κ2) is 20.8. The van der Waals surface area contributed by atoms with Crippen LogP contribution in [0, 0.1) is 11.8 Å². The molecular weight excluding hydrogens is 837 g/mol. The maximum Gasteiger partial charge on any atom is 0.410 e. The number of nitrogens with zero attached hydrogens (tertiary/aromatic N) is 4. The van der Waals surface area contributed by atoms with Crippen LogP contribution in [-0.2, 0) is 28.7 Å². The molecule has 0 radical (unpaired) electrons. The standard InChI is InChI=1S/C52H60N6O8/c1-51(2,3)65-49(63)55(7)43(37-17-11-9-12-18-37)47(61)57-33-15-21-41(57)45(59)53-39-29-25-35(26-30-39)23-24-36-27-31-40(32-28-36)54-46(60)42-22-16-34-58(42)48(62)44(38-19-13-10-14-20-38)56(8)50(64)66-52(4,5)6/h9-14,17-20,25-32,41-44H,15-16,21-22,33-34H2,1-8H3,(H,53,59)(H,54,60)/t41-,42-,43-,44-/m0/s1. The van der Waals surface area contributed by atoms with E-state index < -0.39 is 47.6 Å². The SMILES string of the molecule is CN(C(=O)OC(C)(C)C)[C@H](C(=O)N1CCC[C@H]1C(=O)Nc1ccc(C#Cc2ccc(NC(=O)[C@@H]3CCCN3C(=O)[C@H](c3ccccc3)N(C)C(=O)OC(C)(C)C)cc2)cc1)c1ccccc1. The first-order chi connectivity index (χ1) is 31.3. The summed E-state index contributed by atoms with van der Waals surface area (Å²) in [5.41, 5.74) is 2.21. The molecule has 4 aromatic carbocycles. The van der Waals surface area contributed by atoms with Gasteiger partial charge in [-0.25, -0.2) is 9.59 Å². The fourth-order valence-electron chi connectivity index (χ4n) is 8.00. The summed E-state index contributed by atoms with van der Waals surface area (Å²) in [4.78, 5) is 87.6. The Balaban J connectivity index is 1.06. The second-order valence-electron chi connectivity index (χ2n) is 18.6. The number of hydrogen-bond acceptors (Lipinski definition) is 8. The van der Waals surface area contributed by atoms with Crippen molar-refractivity contribution in [2.75, 3.05) is 37.8 Å². The molecule has 2 aliphatic rings. The minimum absolute atomic E-state index is 0.326. The van der Waals surface area contributed by atoms with Crippen molar-refractivity contribution in [2.45, 2.75) is 103 Å². The molecule has 14 heteroatoms. The predicted molar refractivity (Wildman–Crippen MR) is 252 cm³/mol. The van der Waals surface area contributed by atoms with Crippen molar-refractivity contribution in [1.82, 2.24) is 19.6 Å². The summed E-state index contributed by atoms with van der Waals surface area (Å²) in [6, 6.07) is 28.7. The summed E-state index contributed by atoms with van der Waals surface area (Å²) in [6.07, 6.45) is 0.940. The topological polar surface area (TPSA) is 158 Å². The van der Waals surface area contributed by atoms with Gasteiger partial charge in [-0.05, 0) is 127 Å². The van der Waals surface area contributed by atoms with E-state index in [4.69, 9.17) is 9.47 Å². The van der Waals surface area contributed by atoms with Crippen LogP contribution in [0.15, 0.2) is 109 Å². The first-order valence-electron chi connectivity index (χ1n) is 22.3. The van der Waals surface area contributed by atoms with Gasteiger partial charge in [-0.3, -0.25) is 29.0 Å². The van der Waals surface area contributed by atoms with E-state index in [0.717, 1.165) is 0 Å². The van der Waals surface area contributed by atoms with Crippen LogP contribution < -0.4 is 10.6 Å². The number of likely N-dealkylation sites (N-methyl/N-ethyl adjacent to an activating group) is 2. The molecule has 0 unspecified atom stereocenters. The van der Waals surface area contributed by atoms with Gasteiger partial charge in [0.1, 0.15) is 35.4 Å². The average Bonchev–Trinajstić information content (AvgIpc) is 3.98. The van der Waals surface area contributed by atoms with Gasteiger partial charge in [0, 0.05) is 49.7 Å². The third-order valence-electron chi connectivity index (χ3n) is 11.2. The molecule has 2 aliphatic heterocycles. The summed E-state index contributed by atoms with van der Waals surface area (Å²) >= 11 is 0. The second-order valence-corrected chi connectivity index (χ2v) is 18.6. The van der Waals surface area contributed by atoms with Crippen LogP contribution in [0.4, 0.5) is 21.0 Å². The van der Waals surface area contributed by atoms with Gasteiger partial charge >= 0.3 is 12.2 Å². The maximum atomic E-state index is 14.2. The molecule has 346 valence electrons. The minimum atomic E-state index is -0.983. The highest BCUT2D eigenvalue weighted by atomic mass is 16.6. The molecule has 0 saturated carbocycles. The number of anilines is 2. The van der Waals surface area contributed by atoms with Crippen molar-refractivity contribution >= 4 is 47.2 Å². The van der Waals surface area contributed by atoms with Crippen molar-refractivity contribution in [2.24, 2.45) is 0 Å². The number of amides is 6. The molecule has 6 rings (SSSR count). The quantitative estimate of drug-likeness (QED) is 0.151. The Morgan fingerprint density at radius 3 is 1.20 bits per heavy atom. The number of ether oxygens (including phenoxy) is 2. The van der Waals surface area contributed by atoms with E-state index in [2.05, 4.69) is 22.5 Å². The van der Waals surface area contributed by atoms with E-state index in [0.29, 0.717) is 72.4 Å².